The van der Waals surface area contributed by atoms with Crippen LogP contribution >= 0.6 is 12.4 Å². The van der Waals surface area contributed by atoms with E-state index in [0.717, 1.165) is 39.1 Å². The Morgan fingerprint density at radius 3 is 2.84 bits per heavy atom. The van der Waals surface area contributed by atoms with Crippen LogP contribution in [0.3, 0.4) is 0 Å². The third-order valence-corrected chi connectivity index (χ3v) is 4.53. The van der Waals surface area contributed by atoms with Gasteiger partial charge in [0.1, 0.15) is 5.82 Å². The Balaban J connectivity index is 0.00000225. The zero-order valence-electron chi connectivity index (χ0n) is 14.0. The number of carbonyl (C=O) groups excluding carboxylic acids is 2. The van der Waals surface area contributed by atoms with E-state index in [1.165, 1.54) is 12.1 Å². The number of fused-ring (bicyclic) bond motifs is 1. The van der Waals surface area contributed by atoms with E-state index in [0.29, 0.717) is 17.8 Å². The molecule has 2 amide bonds. The molecule has 1 unspecified atom stereocenters. The maximum atomic E-state index is 13.3. The first kappa shape index (κ1) is 19.6. The first-order chi connectivity index (χ1) is 11.6. The van der Waals surface area contributed by atoms with Crippen LogP contribution in [0, 0.1) is 5.82 Å². The molecule has 25 heavy (non-hydrogen) atoms. The maximum Gasteiger partial charge on any atom is 0.228 e. The van der Waals surface area contributed by atoms with Crippen molar-refractivity contribution in [3.05, 3.63) is 29.6 Å². The van der Waals surface area contributed by atoms with E-state index in [1.807, 2.05) is 0 Å². The fourth-order valence-corrected chi connectivity index (χ4v) is 3.24. The number of hydrogen-bond donors (Lipinski definition) is 3. The Bertz CT molecular complexity index is 623. The second kappa shape index (κ2) is 9.12. The van der Waals surface area contributed by atoms with Gasteiger partial charge in [-0.2, -0.15) is 0 Å². The number of nitrogens with one attached hydrogen (secondary N) is 3. The van der Waals surface area contributed by atoms with E-state index in [9.17, 15) is 14.0 Å². The Morgan fingerprint density at radius 2 is 2.08 bits per heavy atom. The minimum Gasteiger partial charge on any atom is -0.356 e. The van der Waals surface area contributed by atoms with Crippen LogP contribution < -0.4 is 16.0 Å². The smallest absolute Gasteiger partial charge is 0.228 e. The summed E-state index contributed by atoms with van der Waals surface area (Å²) >= 11 is 0. The topological polar surface area (TPSA) is 73.5 Å². The van der Waals surface area contributed by atoms with Gasteiger partial charge in [0.25, 0.3) is 0 Å². The van der Waals surface area contributed by atoms with Crippen LogP contribution in [0.5, 0.6) is 0 Å². The van der Waals surface area contributed by atoms with Gasteiger partial charge in [0.15, 0.2) is 0 Å². The van der Waals surface area contributed by atoms with Crippen molar-refractivity contribution in [1.29, 1.82) is 0 Å². The monoisotopic (exact) mass is 370 g/mol. The highest BCUT2D eigenvalue weighted by atomic mass is 35.5. The van der Waals surface area contributed by atoms with Gasteiger partial charge in [-0.25, -0.2) is 4.39 Å². The quantitative estimate of drug-likeness (QED) is 0.678. The summed E-state index contributed by atoms with van der Waals surface area (Å²) in [5, 5.41) is 8.85. The maximum absolute atomic E-state index is 13.3. The molecule has 8 heteroatoms. The van der Waals surface area contributed by atoms with E-state index in [1.54, 1.807) is 6.07 Å². The van der Waals surface area contributed by atoms with Gasteiger partial charge in [0, 0.05) is 44.8 Å². The van der Waals surface area contributed by atoms with Crippen molar-refractivity contribution < 1.29 is 14.0 Å². The van der Waals surface area contributed by atoms with E-state index >= 15 is 0 Å². The lowest BCUT2D eigenvalue weighted by molar-refractivity contribution is -0.126. The van der Waals surface area contributed by atoms with Crippen molar-refractivity contribution in [2.75, 3.05) is 44.6 Å². The largest absolute Gasteiger partial charge is 0.356 e. The van der Waals surface area contributed by atoms with E-state index in [2.05, 4.69) is 20.9 Å². The summed E-state index contributed by atoms with van der Waals surface area (Å²) in [7, 11) is 0. The van der Waals surface area contributed by atoms with Crippen LogP contribution in [0.4, 0.5) is 10.1 Å². The van der Waals surface area contributed by atoms with Gasteiger partial charge in [-0.1, -0.05) is 6.07 Å². The molecule has 2 aliphatic heterocycles. The predicted molar refractivity (Wildman–Crippen MR) is 96.6 cm³/mol. The number of benzene rings is 1. The van der Waals surface area contributed by atoms with Gasteiger partial charge in [0.2, 0.25) is 11.8 Å². The number of piperazine rings is 1. The fourth-order valence-electron chi connectivity index (χ4n) is 3.24. The normalized spacial score (nSPS) is 20.2. The number of halogens is 2. The summed E-state index contributed by atoms with van der Waals surface area (Å²) in [5.74, 6) is -1.40. The standard InChI is InChI=1S/C17H23FN4O2.ClH/c18-12-2-3-13-14(11-16(23)21-15(13)10-12)17(24)20-4-1-7-22-8-5-19-6-9-22;/h2-3,10,14,19H,1,4-9,11H2,(H,20,24)(H,21,23);1H. The molecule has 0 aromatic heterocycles. The van der Waals surface area contributed by atoms with Crippen LogP contribution in [0.2, 0.25) is 0 Å². The molecule has 0 bridgehead atoms. The molecule has 1 atom stereocenters. The molecule has 1 saturated heterocycles. The lowest BCUT2D eigenvalue weighted by atomic mass is 9.89. The van der Waals surface area contributed by atoms with Gasteiger partial charge in [0.05, 0.1) is 5.92 Å². The van der Waals surface area contributed by atoms with E-state index in [4.69, 9.17) is 0 Å². The summed E-state index contributed by atoms with van der Waals surface area (Å²) in [4.78, 5) is 26.6. The molecular weight excluding hydrogens is 347 g/mol. The molecule has 0 saturated carbocycles. The van der Waals surface area contributed by atoms with Gasteiger partial charge >= 0.3 is 0 Å². The van der Waals surface area contributed by atoms with Gasteiger partial charge in [-0.15, -0.1) is 12.4 Å². The summed E-state index contributed by atoms with van der Waals surface area (Å²) < 4.78 is 13.3. The average Bonchev–Trinajstić information content (AvgIpc) is 2.58. The van der Waals surface area contributed by atoms with Crippen LogP contribution in [0.25, 0.3) is 0 Å². The van der Waals surface area contributed by atoms with Gasteiger partial charge < -0.3 is 20.9 Å². The Labute approximate surface area is 152 Å². The zero-order valence-corrected chi connectivity index (χ0v) is 14.8. The number of rotatable bonds is 5. The summed E-state index contributed by atoms with van der Waals surface area (Å²) in [5.41, 5.74) is 1.07. The molecule has 0 spiro atoms. The minimum atomic E-state index is -0.548. The van der Waals surface area contributed by atoms with Crippen molar-refractivity contribution in [3.63, 3.8) is 0 Å². The number of carbonyl (C=O) groups is 2. The van der Waals surface area contributed by atoms with E-state index < -0.39 is 11.7 Å². The Morgan fingerprint density at radius 1 is 1.32 bits per heavy atom. The summed E-state index contributed by atoms with van der Waals surface area (Å²) in [6.45, 7) is 5.63. The molecule has 3 rings (SSSR count). The van der Waals surface area contributed by atoms with Gasteiger partial charge in [-0.05, 0) is 30.7 Å². The molecule has 6 nitrogen and oxygen atoms in total. The first-order valence-corrected chi connectivity index (χ1v) is 8.43. The number of nitrogens with zero attached hydrogens (tertiary/aromatic N) is 1. The molecule has 3 N–H and O–H groups in total. The second-order valence-corrected chi connectivity index (χ2v) is 6.27. The summed E-state index contributed by atoms with van der Waals surface area (Å²) in [6.07, 6.45) is 0.975. The minimum absolute atomic E-state index is 0. The second-order valence-electron chi connectivity index (χ2n) is 6.27. The van der Waals surface area contributed by atoms with Crippen LogP contribution in [-0.4, -0.2) is 56.0 Å². The molecule has 1 fully saturated rings. The first-order valence-electron chi connectivity index (χ1n) is 8.43. The summed E-state index contributed by atoms with van der Waals surface area (Å²) in [6, 6.07) is 4.16. The molecule has 2 aliphatic rings. The third-order valence-electron chi connectivity index (χ3n) is 4.53. The molecular formula is C17H24ClFN4O2. The molecule has 1 aromatic rings. The van der Waals surface area contributed by atoms with Crippen molar-refractivity contribution in [2.45, 2.75) is 18.8 Å². The zero-order chi connectivity index (χ0) is 16.9. The molecule has 138 valence electrons. The van der Waals surface area contributed by atoms with Crippen molar-refractivity contribution in [1.82, 2.24) is 15.5 Å². The number of anilines is 1. The Hall–Kier alpha value is -1.70. The van der Waals surface area contributed by atoms with Crippen molar-refractivity contribution in [2.24, 2.45) is 0 Å². The number of hydrogen-bond acceptors (Lipinski definition) is 4. The fraction of sp³-hybridized carbons (Fsp3) is 0.529. The van der Waals surface area contributed by atoms with Crippen LogP contribution in [0.15, 0.2) is 18.2 Å². The number of amides is 2. The highest BCUT2D eigenvalue weighted by Crippen LogP contribution is 2.32. The molecule has 0 aliphatic carbocycles. The molecule has 0 radical (unpaired) electrons. The lowest BCUT2D eigenvalue weighted by Gasteiger charge is -2.27. The highest BCUT2D eigenvalue weighted by Gasteiger charge is 2.30. The SMILES string of the molecule is Cl.O=C1CC(C(=O)NCCCN2CCNCC2)c2ccc(F)cc2N1. The predicted octanol–water partition coefficient (Wildman–Crippen LogP) is 1.08. The molecule has 1 aromatic carbocycles. The van der Waals surface area contributed by atoms with Gasteiger partial charge in [-0.3, -0.25) is 9.59 Å². The van der Waals surface area contributed by atoms with E-state index in [-0.39, 0.29) is 30.6 Å². The molecule has 2 heterocycles. The average molecular weight is 371 g/mol. The highest BCUT2D eigenvalue weighted by molar-refractivity contribution is 6.01. The van der Waals surface area contributed by atoms with Crippen molar-refractivity contribution in [3.8, 4) is 0 Å². The van der Waals surface area contributed by atoms with Crippen LogP contribution in [0.1, 0.15) is 24.3 Å². The lowest BCUT2D eigenvalue weighted by Crippen LogP contribution is -2.44. The third kappa shape index (κ3) is 5.14. The Kier molecular flexibility index (Phi) is 7.16. The van der Waals surface area contributed by atoms with Crippen LogP contribution in [-0.2, 0) is 9.59 Å². The van der Waals surface area contributed by atoms with Crippen molar-refractivity contribution >= 4 is 29.9 Å².